The van der Waals surface area contributed by atoms with Crippen molar-refractivity contribution in [2.45, 2.75) is 25.8 Å². The van der Waals surface area contributed by atoms with Crippen molar-refractivity contribution in [2.24, 2.45) is 11.7 Å². The Morgan fingerprint density at radius 3 is 2.89 bits per heavy atom. The van der Waals surface area contributed by atoms with Gasteiger partial charge in [0.25, 0.3) is 0 Å². The van der Waals surface area contributed by atoms with Gasteiger partial charge < -0.3 is 10.5 Å². The number of likely N-dealkylation sites (tertiary alicyclic amines) is 1. The summed E-state index contributed by atoms with van der Waals surface area (Å²) in [5.74, 6) is 1.20. The minimum Gasteiger partial charge on any atom is -0.481 e. The minimum absolute atomic E-state index is 0.409. The number of methoxy groups -OCH3 is 1. The number of ether oxygens (including phenoxy) is 1. The van der Waals surface area contributed by atoms with Gasteiger partial charge in [-0.2, -0.15) is 0 Å². The van der Waals surface area contributed by atoms with Gasteiger partial charge in [-0.1, -0.05) is 13.0 Å². The molecule has 0 spiro atoms. The van der Waals surface area contributed by atoms with E-state index < -0.39 is 0 Å². The third-order valence-corrected chi connectivity index (χ3v) is 3.88. The lowest BCUT2D eigenvalue weighted by atomic mass is 9.85. The molecule has 1 aliphatic heterocycles. The zero-order chi connectivity index (χ0) is 13.0. The van der Waals surface area contributed by atoms with Crippen molar-refractivity contribution in [3.05, 3.63) is 23.9 Å². The van der Waals surface area contributed by atoms with E-state index in [0.29, 0.717) is 17.8 Å². The van der Waals surface area contributed by atoms with Crippen molar-refractivity contribution in [3.63, 3.8) is 0 Å². The third-order valence-electron chi connectivity index (χ3n) is 3.88. The Balaban J connectivity index is 2.24. The molecular formula is C14H23N3O. The van der Waals surface area contributed by atoms with Gasteiger partial charge in [0.15, 0.2) is 0 Å². The van der Waals surface area contributed by atoms with Gasteiger partial charge in [-0.15, -0.1) is 0 Å². The van der Waals surface area contributed by atoms with Crippen molar-refractivity contribution in [1.29, 1.82) is 0 Å². The van der Waals surface area contributed by atoms with E-state index in [9.17, 15) is 0 Å². The SMILES string of the molecule is CCN1CCCC(CN)C1c1ccc(OC)nc1. The third kappa shape index (κ3) is 2.65. The Bertz CT molecular complexity index is 354. The van der Waals surface area contributed by atoms with E-state index in [0.717, 1.165) is 19.6 Å². The summed E-state index contributed by atoms with van der Waals surface area (Å²) < 4.78 is 5.11. The van der Waals surface area contributed by atoms with Gasteiger partial charge in [-0.3, -0.25) is 4.90 Å². The molecule has 1 aromatic heterocycles. The topological polar surface area (TPSA) is 51.4 Å². The fourth-order valence-electron chi connectivity index (χ4n) is 2.92. The van der Waals surface area contributed by atoms with Crippen LogP contribution in [0.3, 0.4) is 0 Å². The smallest absolute Gasteiger partial charge is 0.212 e. The lowest BCUT2D eigenvalue weighted by Crippen LogP contribution is -2.41. The van der Waals surface area contributed by atoms with E-state index in [1.54, 1.807) is 7.11 Å². The first-order valence-corrected chi connectivity index (χ1v) is 6.74. The van der Waals surface area contributed by atoms with E-state index in [1.807, 2.05) is 12.3 Å². The number of hydrogen-bond donors (Lipinski definition) is 1. The van der Waals surface area contributed by atoms with Crippen LogP contribution in [0.5, 0.6) is 5.88 Å². The predicted octanol–water partition coefficient (Wildman–Crippen LogP) is 1.82. The summed E-state index contributed by atoms with van der Waals surface area (Å²) in [6.45, 7) is 5.17. The number of piperidine rings is 1. The van der Waals surface area contributed by atoms with Crippen molar-refractivity contribution in [1.82, 2.24) is 9.88 Å². The summed E-state index contributed by atoms with van der Waals surface area (Å²) in [5.41, 5.74) is 7.19. The van der Waals surface area contributed by atoms with Crippen molar-refractivity contribution < 1.29 is 4.74 Å². The fraction of sp³-hybridized carbons (Fsp3) is 0.643. The average Bonchev–Trinajstić information content (AvgIpc) is 2.46. The molecule has 1 aromatic rings. The van der Waals surface area contributed by atoms with E-state index in [2.05, 4.69) is 22.9 Å². The minimum atomic E-state index is 0.409. The number of aromatic nitrogens is 1. The molecule has 2 N–H and O–H groups in total. The van der Waals surface area contributed by atoms with Gasteiger partial charge >= 0.3 is 0 Å². The van der Waals surface area contributed by atoms with Gasteiger partial charge in [0.1, 0.15) is 0 Å². The first-order chi connectivity index (χ1) is 8.80. The molecule has 18 heavy (non-hydrogen) atoms. The first-order valence-electron chi connectivity index (χ1n) is 6.74. The normalized spacial score (nSPS) is 25.1. The summed E-state index contributed by atoms with van der Waals surface area (Å²) in [5, 5.41) is 0. The summed E-state index contributed by atoms with van der Waals surface area (Å²) in [7, 11) is 1.64. The molecule has 0 saturated carbocycles. The van der Waals surface area contributed by atoms with Crippen LogP contribution in [0.4, 0.5) is 0 Å². The molecule has 0 amide bonds. The zero-order valence-corrected chi connectivity index (χ0v) is 11.3. The van der Waals surface area contributed by atoms with Crippen LogP contribution in [-0.4, -0.2) is 36.6 Å². The van der Waals surface area contributed by atoms with Gasteiger partial charge in [0.2, 0.25) is 5.88 Å². The molecule has 2 unspecified atom stereocenters. The molecule has 2 atom stereocenters. The number of nitrogens with two attached hydrogens (primary N) is 1. The maximum atomic E-state index is 5.93. The Morgan fingerprint density at radius 1 is 1.50 bits per heavy atom. The molecule has 4 heteroatoms. The largest absolute Gasteiger partial charge is 0.481 e. The Hall–Kier alpha value is -1.13. The second kappa shape index (κ2) is 6.16. The molecule has 100 valence electrons. The highest BCUT2D eigenvalue weighted by atomic mass is 16.5. The maximum Gasteiger partial charge on any atom is 0.212 e. The molecule has 0 aromatic carbocycles. The van der Waals surface area contributed by atoms with Crippen LogP contribution in [0, 0.1) is 5.92 Å². The number of pyridine rings is 1. The lowest BCUT2D eigenvalue weighted by molar-refractivity contribution is 0.102. The number of rotatable bonds is 4. The highest BCUT2D eigenvalue weighted by Crippen LogP contribution is 2.35. The van der Waals surface area contributed by atoms with Gasteiger partial charge in [0, 0.05) is 18.3 Å². The monoisotopic (exact) mass is 249 g/mol. The molecule has 0 aliphatic carbocycles. The van der Waals surface area contributed by atoms with Crippen LogP contribution in [0.15, 0.2) is 18.3 Å². The molecule has 2 rings (SSSR count). The van der Waals surface area contributed by atoms with Gasteiger partial charge in [-0.25, -0.2) is 4.98 Å². The van der Waals surface area contributed by atoms with E-state index in [1.165, 1.54) is 18.4 Å². The van der Waals surface area contributed by atoms with Crippen LogP contribution < -0.4 is 10.5 Å². The van der Waals surface area contributed by atoms with E-state index in [4.69, 9.17) is 10.5 Å². The van der Waals surface area contributed by atoms with Crippen molar-refractivity contribution in [2.75, 3.05) is 26.7 Å². The lowest BCUT2D eigenvalue weighted by Gasteiger charge is -2.40. The number of hydrogen-bond acceptors (Lipinski definition) is 4. The second-order valence-corrected chi connectivity index (χ2v) is 4.85. The highest BCUT2D eigenvalue weighted by molar-refractivity contribution is 5.22. The molecular weight excluding hydrogens is 226 g/mol. The Morgan fingerprint density at radius 2 is 2.33 bits per heavy atom. The molecule has 1 saturated heterocycles. The standard InChI is InChI=1S/C14H23N3O/c1-3-17-8-4-5-11(9-15)14(17)12-6-7-13(18-2)16-10-12/h6-7,10-11,14H,3-5,8-9,15H2,1-2H3. The van der Waals surface area contributed by atoms with Crippen molar-refractivity contribution in [3.8, 4) is 5.88 Å². The van der Waals surface area contributed by atoms with Crippen LogP contribution in [-0.2, 0) is 0 Å². The molecule has 1 aliphatic rings. The van der Waals surface area contributed by atoms with Gasteiger partial charge in [0.05, 0.1) is 7.11 Å². The molecule has 1 fully saturated rings. The van der Waals surface area contributed by atoms with Crippen LogP contribution in [0.2, 0.25) is 0 Å². The predicted molar refractivity (Wildman–Crippen MR) is 72.6 cm³/mol. The second-order valence-electron chi connectivity index (χ2n) is 4.85. The summed E-state index contributed by atoms with van der Waals surface area (Å²) in [6.07, 6.45) is 4.39. The first kappa shape index (κ1) is 13.3. The summed E-state index contributed by atoms with van der Waals surface area (Å²) in [6, 6.07) is 4.46. The molecule has 2 heterocycles. The quantitative estimate of drug-likeness (QED) is 0.884. The molecule has 0 radical (unpaired) electrons. The van der Waals surface area contributed by atoms with Crippen LogP contribution in [0.1, 0.15) is 31.4 Å². The summed E-state index contributed by atoms with van der Waals surface area (Å²) >= 11 is 0. The Labute approximate surface area is 109 Å². The fourth-order valence-corrected chi connectivity index (χ4v) is 2.92. The highest BCUT2D eigenvalue weighted by Gasteiger charge is 2.30. The zero-order valence-electron chi connectivity index (χ0n) is 11.3. The van der Waals surface area contributed by atoms with E-state index >= 15 is 0 Å². The van der Waals surface area contributed by atoms with Crippen LogP contribution in [0.25, 0.3) is 0 Å². The Kier molecular flexibility index (Phi) is 4.55. The summed E-state index contributed by atoms with van der Waals surface area (Å²) in [4.78, 5) is 6.82. The van der Waals surface area contributed by atoms with Crippen molar-refractivity contribution >= 4 is 0 Å². The maximum absolute atomic E-state index is 5.93. The average molecular weight is 249 g/mol. The molecule has 4 nitrogen and oxygen atoms in total. The van der Waals surface area contributed by atoms with Gasteiger partial charge in [-0.05, 0) is 44.0 Å². The molecule has 0 bridgehead atoms. The number of nitrogens with zero attached hydrogens (tertiary/aromatic N) is 2. The van der Waals surface area contributed by atoms with E-state index in [-0.39, 0.29) is 0 Å². The van der Waals surface area contributed by atoms with Crippen LogP contribution >= 0.6 is 0 Å².